The zero-order valence-electron chi connectivity index (χ0n) is 9.35. The van der Waals surface area contributed by atoms with E-state index in [-0.39, 0.29) is 18.9 Å². The van der Waals surface area contributed by atoms with Crippen molar-refractivity contribution < 1.29 is 74.8 Å². The Morgan fingerprint density at radius 1 is 0.450 bits per heavy atom. The molecular formula is C6LiO12P. The molecule has 0 aromatic rings. The van der Waals surface area contributed by atoms with Crippen molar-refractivity contribution in [2.75, 3.05) is 0 Å². The van der Waals surface area contributed by atoms with Gasteiger partial charge in [0.25, 0.3) is 0 Å². The maximum atomic E-state index is 11.1. The molecule has 0 aromatic heterocycles. The van der Waals surface area contributed by atoms with Gasteiger partial charge in [-0.25, -0.2) is 0 Å². The van der Waals surface area contributed by atoms with Crippen molar-refractivity contribution >= 4 is 43.1 Å². The molecule has 3 fully saturated rings. The van der Waals surface area contributed by atoms with E-state index in [0.29, 0.717) is 0 Å². The number of carbonyl (C=O) groups is 6. The molecule has 3 rings (SSSR count). The molecule has 1 spiro atoms. The standard InChI is InChI=1S/C6O12P.Li/c7-1-2(8)14-19(13-1,15-3(9)4(10)16-19)17-5(11)6(12)18-19;/q-1;+1. The molecule has 0 aromatic carbocycles. The van der Waals surface area contributed by atoms with Gasteiger partial charge in [-0.3, -0.25) is 0 Å². The van der Waals surface area contributed by atoms with Crippen LogP contribution in [0.1, 0.15) is 0 Å². The van der Waals surface area contributed by atoms with Crippen LogP contribution in [0.25, 0.3) is 0 Å². The van der Waals surface area contributed by atoms with Crippen LogP contribution in [0.2, 0.25) is 0 Å². The van der Waals surface area contributed by atoms with E-state index in [2.05, 4.69) is 27.1 Å². The fourth-order valence-electron chi connectivity index (χ4n) is 1.52. The summed E-state index contributed by atoms with van der Waals surface area (Å²) in [7, 11) is -7.08. The molecule has 3 heterocycles. The van der Waals surface area contributed by atoms with Crippen LogP contribution in [0.15, 0.2) is 0 Å². The molecule has 14 heteroatoms. The van der Waals surface area contributed by atoms with Gasteiger partial charge in [0.05, 0.1) is 0 Å². The van der Waals surface area contributed by atoms with Crippen molar-refractivity contribution in [1.29, 1.82) is 0 Å². The van der Waals surface area contributed by atoms with Crippen molar-refractivity contribution in [1.82, 2.24) is 0 Å². The van der Waals surface area contributed by atoms with Crippen LogP contribution in [-0.2, 0) is 55.9 Å². The molecule has 0 radical (unpaired) electrons. The Hall–Kier alpha value is -2.15. The molecule has 0 amide bonds. The van der Waals surface area contributed by atoms with E-state index in [0.717, 1.165) is 0 Å². The van der Waals surface area contributed by atoms with Gasteiger partial charge in [0.15, 0.2) is 0 Å². The van der Waals surface area contributed by atoms with E-state index >= 15 is 0 Å². The molecule has 12 nitrogen and oxygen atoms in total. The molecular weight excluding hydrogens is 302 g/mol. The number of rotatable bonds is 0. The SMILES string of the molecule is O=C1O[P-]23(OC1=O)(OC(=O)C(=O)O2)OC(=O)C(=O)O3.[Li+]. The van der Waals surface area contributed by atoms with E-state index in [1.165, 1.54) is 0 Å². The molecule has 0 unspecified atom stereocenters. The predicted molar refractivity (Wildman–Crippen MR) is 43.5 cm³/mol. The summed E-state index contributed by atoms with van der Waals surface area (Å²) in [5, 5.41) is 0. The fraction of sp³-hybridized carbons (Fsp3) is 0. The smallest absolute Gasteiger partial charge is 1.00 e. The van der Waals surface area contributed by atoms with Gasteiger partial charge in [0.2, 0.25) is 0 Å². The van der Waals surface area contributed by atoms with Crippen LogP contribution in [0.5, 0.6) is 0 Å². The molecule has 3 saturated heterocycles. The minimum absolute atomic E-state index is 0. The third-order valence-electron chi connectivity index (χ3n) is 2.12. The fourth-order valence-corrected chi connectivity index (χ4v) is 4.56. The van der Waals surface area contributed by atoms with Crippen LogP contribution in [-0.4, -0.2) is 35.8 Å². The molecule has 102 valence electrons. The minimum atomic E-state index is -7.08. The van der Waals surface area contributed by atoms with Crippen LogP contribution in [0.4, 0.5) is 0 Å². The first-order valence-electron chi connectivity index (χ1n) is 4.29. The number of hydrogen-bond acceptors (Lipinski definition) is 12. The molecule has 0 bridgehead atoms. The monoisotopic (exact) mass is 302 g/mol. The summed E-state index contributed by atoms with van der Waals surface area (Å²) in [6, 6.07) is 0. The van der Waals surface area contributed by atoms with Gasteiger partial charge in [-0.15, -0.1) is 0 Å². The first kappa shape index (κ1) is 14.3. The maximum Gasteiger partial charge on any atom is 1.00 e. The molecule has 3 aliphatic rings. The third kappa shape index (κ3) is 1.30. The number of hydrogen-bond donors (Lipinski definition) is 0. The summed E-state index contributed by atoms with van der Waals surface area (Å²) in [5.74, 6) is -11.1. The second-order valence-corrected chi connectivity index (χ2v) is 6.72. The van der Waals surface area contributed by atoms with E-state index in [1.807, 2.05) is 0 Å². The largest absolute Gasteiger partial charge is 1.00 e. The van der Waals surface area contributed by atoms with E-state index in [4.69, 9.17) is 0 Å². The molecule has 0 aliphatic carbocycles. The van der Waals surface area contributed by atoms with Gasteiger partial charge >= 0.3 is 118 Å². The van der Waals surface area contributed by atoms with Gasteiger partial charge in [-0.2, -0.15) is 0 Å². The van der Waals surface area contributed by atoms with Crippen molar-refractivity contribution in [3.8, 4) is 0 Å². The first-order valence-corrected chi connectivity index (χ1v) is 6.49. The van der Waals surface area contributed by atoms with Gasteiger partial charge in [-0.05, 0) is 0 Å². The van der Waals surface area contributed by atoms with Crippen molar-refractivity contribution in [2.24, 2.45) is 0 Å². The van der Waals surface area contributed by atoms with Crippen LogP contribution in [0, 0.1) is 0 Å². The quantitative estimate of drug-likeness (QED) is 0.238. The Balaban J connectivity index is 0.00000147. The van der Waals surface area contributed by atoms with E-state index < -0.39 is 43.1 Å². The Morgan fingerprint density at radius 2 is 0.600 bits per heavy atom. The average Bonchev–Trinajstić information content (AvgIpc) is 2.69. The summed E-state index contributed by atoms with van der Waals surface area (Å²) in [6.07, 6.45) is 0. The summed E-state index contributed by atoms with van der Waals surface area (Å²) in [4.78, 5) is 66.5. The third-order valence-corrected chi connectivity index (χ3v) is 5.35. The number of carbonyl (C=O) groups excluding carboxylic acids is 6. The minimum Gasteiger partial charge on any atom is 1.00 e. The zero-order valence-corrected chi connectivity index (χ0v) is 10.2. The van der Waals surface area contributed by atoms with Crippen LogP contribution >= 0.6 is 7.31 Å². The maximum absolute atomic E-state index is 11.1. The van der Waals surface area contributed by atoms with Gasteiger partial charge < -0.3 is 0 Å². The van der Waals surface area contributed by atoms with Crippen LogP contribution < -0.4 is 18.9 Å². The Kier molecular flexibility index (Phi) is 2.22. The van der Waals surface area contributed by atoms with Crippen LogP contribution in [0.3, 0.4) is 0 Å². The normalized spacial score (nSPS) is 30.6. The predicted octanol–water partition coefficient (Wildman–Crippen LogP) is -5.13. The topological polar surface area (TPSA) is 158 Å². The average molecular weight is 302 g/mol. The second kappa shape index (κ2) is 3.12. The second-order valence-electron chi connectivity index (χ2n) is 3.39. The van der Waals surface area contributed by atoms with Gasteiger partial charge in [-0.1, -0.05) is 0 Å². The Morgan fingerprint density at radius 3 is 0.750 bits per heavy atom. The Bertz CT molecular complexity index is 502. The van der Waals surface area contributed by atoms with Gasteiger partial charge in [0.1, 0.15) is 0 Å². The van der Waals surface area contributed by atoms with E-state index in [1.54, 1.807) is 0 Å². The molecule has 0 N–H and O–H groups in total. The summed E-state index contributed by atoms with van der Waals surface area (Å²) in [6.45, 7) is 0. The molecule has 3 aliphatic heterocycles. The first-order chi connectivity index (χ1) is 8.65. The van der Waals surface area contributed by atoms with Crippen molar-refractivity contribution in [3.63, 3.8) is 0 Å². The summed E-state index contributed by atoms with van der Waals surface area (Å²) >= 11 is 0. The molecule has 0 atom stereocenters. The van der Waals surface area contributed by atoms with Gasteiger partial charge in [0, 0.05) is 0 Å². The summed E-state index contributed by atoms with van der Waals surface area (Å²) < 4.78 is 25.2. The zero-order chi connectivity index (χ0) is 14.1. The molecule has 0 saturated carbocycles. The molecule has 20 heavy (non-hydrogen) atoms. The van der Waals surface area contributed by atoms with Crippen molar-refractivity contribution in [2.45, 2.75) is 0 Å². The van der Waals surface area contributed by atoms with E-state index in [9.17, 15) is 28.8 Å². The Labute approximate surface area is 118 Å². The summed E-state index contributed by atoms with van der Waals surface area (Å²) in [5.41, 5.74) is 0. The van der Waals surface area contributed by atoms with Crippen molar-refractivity contribution in [3.05, 3.63) is 0 Å².